The molecule has 5 nitrogen and oxygen atoms in total. The quantitative estimate of drug-likeness (QED) is 0.378. The van der Waals surface area contributed by atoms with E-state index in [4.69, 9.17) is 0 Å². The van der Waals surface area contributed by atoms with Crippen molar-refractivity contribution in [2.45, 2.75) is 70.2 Å². The predicted molar refractivity (Wildman–Crippen MR) is 97.2 cm³/mol. The van der Waals surface area contributed by atoms with Crippen molar-refractivity contribution in [2.75, 3.05) is 32.7 Å². The molecule has 1 heterocycles. The second-order valence-corrected chi connectivity index (χ2v) is 7.42. The first kappa shape index (κ1) is 21.3. The van der Waals surface area contributed by atoms with E-state index in [-0.39, 0.29) is 25.0 Å². The number of aliphatic hydroxyl groups excluding tert-OH is 1. The minimum Gasteiger partial charge on any atom is -0.393 e. The van der Waals surface area contributed by atoms with Crippen LogP contribution >= 0.6 is 0 Å². The SMILES string of the molecule is CCNC(=NCCCN1CCC(O)CC1)NC1CCC(C(F)(F)F)CC1. The molecule has 1 aliphatic heterocycles. The van der Waals surface area contributed by atoms with Gasteiger partial charge in [-0.1, -0.05) is 0 Å². The third kappa shape index (κ3) is 7.31. The van der Waals surface area contributed by atoms with Gasteiger partial charge in [-0.15, -0.1) is 0 Å². The maximum atomic E-state index is 12.8. The van der Waals surface area contributed by atoms with Gasteiger partial charge in [-0.3, -0.25) is 4.99 Å². The molecule has 0 amide bonds. The summed E-state index contributed by atoms with van der Waals surface area (Å²) in [5.41, 5.74) is 0. The first-order valence-corrected chi connectivity index (χ1v) is 9.90. The highest BCUT2D eigenvalue weighted by atomic mass is 19.4. The summed E-state index contributed by atoms with van der Waals surface area (Å²) in [6.45, 7) is 6.24. The van der Waals surface area contributed by atoms with Gasteiger partial charge in [-0.25, -0.2) is 0 Å². The Labute approximate surface area is 154 Å². The first-order chi connectivity index (χ1) is 12.4. The van der Waals surface area contributed by atoms with Crippen LogP contribution in [0.3, 0.4) is 0 Å². The summed E-state index contributed by atoms with van der Waals surface area (Å²) in [7, 11) is 0. The van der Waals surface area contributed by atoms with Crippen LogP contribution in [0.2, 0.25) is 0 Å². The number of hydrogen-bond acceptors (Lipinski definition) is 3. The maximum absolute atomic E-state index is 12.8. The Bertz CT molecular complexity index is 429. The van der Waals surface area contributed by atoms with E-state index in [1.165, 1.54) is 0 Å². The normalized spacial score (nSPS) is 26.7. The summed E-state index contributed by atoms with van der Waals surface area (Å²) in [6.07, 6.45) is -0.136. The summed E-state index contributed by atoms with van der Waals surface area (Å²) in [4.78, 5) is 6.92. The van der Waals surface area contributed by atoms with Crippen molar-refractivity contribution >= 4 is 5.96 Å². The zero-order valence-corrected chi connectivity index (χ0v) is 15.7. The number of hydrogen-bond donors (Lipinski definition) is 3. The maximum Gasteiger partial charge on any atom is 0.391 e. The number of nitrogens with zero attached hydrogens (tertiary/aromatic N) is 2. The van der Waals surface area contributed by atoms with Crippen LogP contribution in [0, 0.1) is 5.92 Å². The fourth-order valence-corrected chi connectivity index (χ4v) is 3.71. The fraction of sp³-hybridized carbons (Fsp3) is 0.944. The van der Waals surface area contributed by atoms with Gasteiger partial charge in [0.05, 0.1) is 12.0 Å². The van der Waals surface area contributed by atoms with Gasteiger partial charge in [0.1, 0.15) is 0 Å². The predicted octanol–water partition coefficient (Wildman–Crippen LogP) is 2.51. The van der Waals surface area contributed by atoms with E-state index >= 15 is 0 Å². The molecule has 0 unspecified atom stereocenters. The van der Waals surface area contributed by atoms with E-state index in [0.29, 0.717) is 25.3 Å². The molecule has 0 bridgehead atoms. The molecule has 2 rings (SSSR count). The average Bonchev–Trinajstić information content (AvgIpc) is 2.60. The second-order valence-electron chi connectivity index (χ2n) is 7.42. The summed E-state index contributed by atoms with van der Waals surface area (Å²) in [5.74, 6) is -0.444. The van der Waals surface area contributed by atoms with Gasteiger partial charge < -0.3 is 20.6 Å². The van der Waals surface area contributed by atoms with Gasteiger partial charge in [0.2, 0.25) is 0 Å². The molecular weight excluding hydrogens is 345 g/mol. The molecular formula is C18H33F3N4O. The van der Waals surface area contributed by atoms with Crippen LogP contribution in [-0.4, -0.2) is 67.0 Å². The zero-order valence-electron chi connectivity index (χ0n) is 15.7. The molecule has 26 heavy (non-hydrogen) atoms. The Morgan fingerprint density at radius 1 is 1.12 bits per heavy atom. The summed E-state index contributed by atoms with van der Waals surface area (Å²) in [6, 6.07) is 0.0648. The highest BCUT2D eigenvalue weighted by Crippen LogP contribution is 2.37. The fourth-order valence-electron chi connectivity index (χ4n) is 3.71. The van der Waals surface area contributed by atoms with Gasteiger partial charge in [-0.05, 0) is 58.4 Å². The van der Waals surface area contributed by atoms with Gasteiger partial charge >= 0.3 is 6.18 Å². The lowest BCUT2D eigenvalue weighted by atomic mass is 9.85. The second kappa shape index (κ2) is 10.3. The molecule has 1 saturated heterocycles. The van der Waals surface area contributed by atoms with E-state index in [0.717, 1.165) is 45.4 Å². The van der Waals surface area contributed by atoms with E-state index in [1.54, 1.807) is 0 Å². The number of piperidine rings is 1. The number of alkyl halides is 3. The number of guanidine groups is 1. The molecule has 1 saturated carbocycles. The zero-order chi connectivity index (χ0) is 19.0. The van der Waals surface area contributed by atoms with Crippen molar-refractivity contribution in [3.8, 4) is 0 Å². The Morgan fingerprint density at radius 3 is 2.35 bits per heavy atom. The van der Waals surface area contributed by atoms with Crippen LogP contribution < -0.4 is 10.6 Å². The molecule has 0 atom stereocenters. The number of aliphatic imine (C=N–C) groups is 1. The lowest BCUT2D eigenvalue weighted by Crippen LogP contribution is -2.46. The van der Waals surface area contributed by atoms with E-state index in [2.05, 4.69) is 20.5 Å². The highest BCUT2D eigenvalue weighted by Gasteiger charge is 2.41. The summed E-state index contributed by atoms with van der Waals surface area (Å²) < 4.78 is 38.3. The van der Waals surface area contributed by atoms with Crippen LogP contribution in [0.5, 0.6) is 0 Å². The number of aliphatic hydroxyl groups is 1. The molecule has 3 N–H and O–H groups in total. The molecule has 2 fully saturated rings. The molecule has 0 aromatic heterocycles. The Kier molecular flexibility index (Phi) is 8.47. The van der Waals surface area contributed by atoms with Crippen molar-refractivity contribution in [1.82, 2.24) is 15.5 Å². The molecule has 152 valence electrons. The average molecular weight is 378 g/mol. The smallest absolute Gasteiger partial charge is 0.391 e. The van der Waals surface area contributed by atoms with Gasteiger partial charge in [0, 0.05) is 32.2 Å². The summed E-state index contributed by atoms with van der Waals surface area (Å²) in [5, 5.41) is 16.0. The summed E-state index contributed by atoms with van der Waals surface area (Å²) >= 11 is 0. The van der Waals surface area contributed by atoms with Crippen LogP contribution in [0.1, 0.15) is 51.9 Å². The van der Waals surface area contributed by atoms with Crippen molar-refractivity contribution in [1.29, 1.82) is 0 Å². The van der Waals surface area contributed by atoms with Gasteiger partial charge in [0.15, 0.2) is 5.96 Å². The molecule has 0 aromatic rings. The molecule has 8 heteroatoms. The van der Waals surface area contributed by atoms with Crippen LogP contribution in [0.4, 0.5) is 13.2 Å². The Balaban J connectivity index is 1.69. The van der Waals surface area contributed by atoms with Crippen molar-refractivity contribution in [2.24, 2.45) is 10.9 Å². The minimum absolute atomic E-state index is 0.0648. The van der Waals surface area contributed by atoms with Crippen LogP contribution in [0.25, 0.3) is 0 Å². The minimum atomic E-state index is -4.06. The Morgan fingerprint density at radius 2 is 1.77 bits per heavy atom. The van der Waals surface area contributed by atoms with Crippen molar-refractivity contribution < 1.29 is 18.3 Å². The molecule has 0 spiro atoms. The monoisotopic (exact) mass is 378 g/mol. The molecule has 2 aliphatic rings. The third-order valence-electron chi connectivity index (χ3n) is 5.33. The number of likely N-dealkylation sites (tertiary alicyclic amines) is 1. The highest BCUT2D eigenvalue weighted by molar-refractivity contribution is 5.80. The largest absolute Gasteiger partial charge is 0.393 e. The first-order valence-electron chi connectivity index (χ1n) is 9.90. The Hall–Kier alpha value is -1.02. The molecule has 0 aromatic carbocycles. The van der Waals surface area contributed by atoms with Crippen LogP contribution in [-0.2, 0) is 0 Å². The van der Waals surface area contributed by atoms with E-state index < -0.39 is 12.1 Å². The van der Waals surface area contributed by atoms with E-state index in [9.17, 15) is 18.3 Å². The number of rotatable bonds is 6. The lowest BCUT2D eigenvalue weighted by molar-refractivity contribution is -0.182. The molecule has 0 radical (unpaired) electrons. The van der Waals surface area contributed by atoms with Gasteiger partial charge in [0.25, 0.3) is 0 Å². The standard InChI is InChI=1S/C18H33F3N4O/c1-2-22-17(23-10-3-11-25-12-8-16(26)9-13-25)24-15-6-4-14(5-7-15)18(19,20)21/h14-16,26H,2-13H2,1H3,(H2,22,23,24). The lowest BCUT2D eigenvalue weighted by Gasteiger charge is -2.31. The number of halogens is 3. The van der Waals surface area contributed by atoms with Crippen LogP contribution in [0.15, 0.2) is 4.99 Å². The topological polar surface area (TPSA) is 59.9 Å². The molecule has 1 aliphatic carbocycles. The number of nitrogens with one attached hydrogen (secondary N) is 2. The van der Waals surface area contributed by atoms with E-state index in [1.807, 2.05) is 6.92 Å². The van der Waals surface area contributed by atoms with Crippen molar-refractivity contribution in [3.05, 3.63) is 0 Å². The van der Waals surface area contributed by atoms with Crippen molar-refractivity contribution in [3.63, 3.8) is 0 Å². The van der Waals surface area contributed by atoms with Gasteiger partial charge in [-0.2, -0.15) is 13.2 Å². The third-order valence-corrected chi connectivity index (χ3v) is 5.33.